The lowest BCUT2D eigenvalue weighted by molar-refractivity contribution is -0.161. The van der Waals surface area contributed by atoms with Crippen LogP contribution in [0.15, 0.2) is 23.7 Å². The van der Waals surface area contributed by atoms with Crippen LogP contribution in [0.1, 0.15) is 51.4 Å². The SMILES string of the molecule is COC(=O)C12CCC(NC(=O)[C@H]3C[C@H](Oc4cccc5scnc45)C3)(CC1)CC2. The molecule has 154 valence electrons. The summed E-state index contributed by atoms with van der Waals surface area (Å²) in [5.74, 6) is 0.888. The minimum Gasteiger partial charge on any atom is -0.488 e. The molecule has 0 aliphatic heterocycles. The first-order valence-corrected chi connectivity index (χ1v) is 11.3. The molecule has 4 fully saturated rings. The number of fused-ring (bicyclic) bond motifs is 4. The number of nitrogens with one attached hydrogen (secondary N) is 1. The number of hydrogen-bond acceptors (Lipinski definition) is 6. The van der Waals surface area contributed by atoms with Gasteiger partial charge >= 0.3 is 5.97 Å². The lowest BCUT2D eigenvalue weighted by atomic mass is 9.57. The summed E-state index contributed by atoms with van der Waals surface area (Å²) in [7, 11) is 1.47. The number of para-hydroxylation sites is 1. The molecular formula is C22H26N2O4S. The van der Waals surface area contributed by atoms with Crippen LogP contribution in [0, 0.1) is 11.3 Å². The maximum Gasteiger partial charge on any atom is 0.311 e. The van der Waals surface area contributed by atoms with Crippen LogP contribution in [0.2, 0.25) is 0 Å². The Morgan fingerprint density at radius 1 is 1.14 bits per heavy atom. The first-order chi connectivity index (χ1) is 14.0. The van der Waals surface area contributed by atoms with Crippen LogP contribution in [0.5, 0.6) is 5.75 Å². The van der Waals surface area contributed by atoms with Crippen molar-refractivity contribution in [3.8, 4) is 5.75 Å². The summed E-state index contributed by atoms with van der Waals surface area (Å²) in [5, 5.41) is 3.35. The van der Waals surface area contributed by atoms with E-state index in [2.05, 4.69) is 10.3 Å². The summed E-state index contributed by atoms with van der Waals surface area (Å²) < 4.78 is 12.3. The van der Waals surface area contributed by atoms with Gasteiger partial charge < -0.3 is 14.8 Å². The molecule has 0 atom stereocenters. The van der Waals surface area contributed by atoms with Crippen LogP contribution in [-0.2, 0) is 14.3 Å². The quantitative estimate of drug-likeness (QED) is 0.753. The van der Waals surface area contributed by atoms with Crippen molar-refractivity contribution in [2.24, 2.45) is 11.3 Å². The van der Waals surface area contributed by atoms with Gasteiger partial charge in [0, 0.05) is 11.5 Å². The Labute approximate surface area is 174 Å². The Hall–Kier alpha value is -2.15. The molecule has 29 heavy (non-hydrogen) atoms. The number of amides is 1. The van der Waals surface area contributed by atoms with Crippen molar-refractivity contribution in [3.05, 3.63) is 23.7 Å². The highest BCUT2D eigenvalue weighted by Crippen LogP contribution is 2.53. The van der Waals surface area contributed by atoms with Crippen molar-refractivity contribution < 1.29 is 19.1 Å². The Kier molecular flexibility index (Phi) is 4.53. The molecule has 4 saturated carbocycles. The predicted octanol–water partition coefficient (Wildman–Crippen LogP) is 3.84. The summed E-state index contributed by atoms with van der Waals surface area (Å²) in [6, 6.07) is 5.98. The molecule has 2 bridgehead atoms. The molecule has 4 aliphatic carbocycles. The zero-order chi connectivity index (χ0) is 20.1. The van der Waals surface area contributed by atoms with Crippen molar-refractivity contribution in [2.45, 2.75) is 63.0 Å². The van der Waals surface area contributed by atoms with E-state index in [9.17, 15) is 9.59 Å². The normalized spacial score (nSPS) is 33.1. The van der Waals surface area contributed by atoms with Gasteiger partial charge in [0.1, 0.15) is 17.4 Å². The molecule has 6 rings (SSSR count). The van der Waals surface area contributed by atoms with Gasteiger partial charge in [-0.3, -0.25) is 9.59 Å². The molecule has 1 aromatic carbocycles. The van der Waals surface area contributed by atoms with Gasteiger partial charge in [0.05, 0.1) is 22.7 Å². The average Bonchev–Trinajstić information content (AvgIpc) is 3.20. The van der Waals surface area contributed by atoms with Crippen LogP contribution < -0.4 is 10.1 Å². The fraction of sp³-hybridized carbons (Fsp3) is 0.591. The monoisotopic (exact) mass is 414 g/mol. The standard InChI is InChI=1S/C22H26N2O4S/c1-27-20(26)21-5-8-22(9-6-21,10-7-21)24-19(25)14-11-15(12-14)28-16-3-2-4-17-18(16)23-13-29-17/h2-4,13-15H,5-12H2,1H3,(H,24,25)/t14-,15-,21?,22?. The molecule has 0 spiro atoms. The highest BCUT2D eigenvalue weighted by molar-refractivity contribution is 7.16. The average molecular weight is 415 g/mol. The van der Waals surface area contributed by atoms with E-state index in [-0.39, 0.29) is 34.9 Å². The molecule has 4 aliphatic rings. The topological polar surface area (TPSA) is 77.5 Å². The zero-order valence-electron chi connectivity index (χ0n) is 16.6. The number of aromatic nitrogens is 1. The number of rotatable bonds is 5. The van der Waals surface area contributed by atoms with E-state index in [0.29, 0.717) is 0 Å². The minimum absolute atomic E-state index is 0.0122. The van der Waals surface area contributed by atoms with E-state index in [1.54, 1.807) is 11.3 Å². The fourth-order valence-electron chi connectivity index (χ4n) is 5.27. The number of carbonyl (C=O) groups excluding carboxylic acids is 2. The maximum absolute atomic E-state index is 12.8. The number of nitrogens with zero attached hydrogens (tertiary/aromatic N) is 1. The van der Waals surface area contributed by atoms with Gasteiger partial charge in [-0.15, -0.1) is 11.3 Å². The maximum atomic E-state index is 12.8. The Morgan fingerprint density at radius 2 is 1.86 bits per heavy atom. The predicted molar refractivity (Wildman–Crippen MR) is 110 cm³/mol. The summed E-state index contributed by atoms with van der Waals surface area (Å²) >= 11 is 1.60. The van der Waals surface area contributed by atoms with Gasteiger partial charge in [0.2, 0.25) is 5.91 Å². The number of hydrogen-bond donors (Lipinski definition) is 1. The molecule has 0 saturated heterocycles. The van der Waals surface area contributed by atoms with Gasteiger partial charge in [0.25, 0.3) is 0 Å². The minimum atomic E-state index is -0.312. The third kappa shape index (κ3) is 3.19. The summed E-state index contributed by atoms with van der Waals surface area (Å²) in [6.07, 6.45) is 6.60. The second-order valence-corrected chi connectivity index (χ2v) is 9.79. The molecule has 1 heterocycles. The van der Waals surface area contributed by atoms with Gasteiger partial charge in [0.15, 0.2) is 0 Å². The van der Waals surface area contributed by atoms with Crippen LogP contribution in [0.3, 0.4) is 0 Å². The van der Waals surface area contributed by atoms with E-state index >= 15 is 0 Å². The second kappa shape index (κ2) is 6.97. The van der Waals surface area contributed by atoms with Crippen molar-refractivity contribution in [3.63, 3.8) is 0 Å². The first kappa shape index (κ1) is 18.9. The summed E-state index contributed by atoms with van der Waals surface area (Å²) in [6.45, 7) is 0. The highest BCUT2D eigenvalue weighted by Gasteiger charge is 2.54. The number of methoxy groups -OCH3 is 1. The first-order valence-electron chi connectivity index (χ1n) is 10.4. The van der Waals surface area contributed by atoms with Gasteiger partial charge in [-0.2, -0.15) is 0 Å². The Morgan fingerprint density at radius 3 is 2.55 bits per heavy atom. The van der Waals surface area contributed by atoms with Crippen LogP contribution in [0.25, 0.3) is 10.2 Å². The van der Waals surface area contributed by atoms with E-state index < -0.39 is 0 Å². The Balaban J connectivity index is 1.15. The Bertz CT molecular complexity index is 925. The van der Waals surface area contributed by atoms with Crippen LogP contribution in [-0.4, -0.2) is 35.6 Å². The van der Waals surface area contributed by atoms with Crippen LogP contribution in [0.4, 0.5) is 0 Å². The molecule has 1 aromatic heterocycles. The molecule has 1 N–H and O–H groups in total. The van der Waals surface area contributed by atoms with Gasteiger partial charge in [-0.1, -0.05) is 6.07 Å². The smallest absolute Gasteiger partial charge is 0.311 e. The molecule has 0 radical (unpaired) electrons. The van der Waals surface area contributed by atoms with Gasteiger partial charge in [-0.05, 0) is 63.5 Å². The molecule has 1 amide bonds. The molecule has 6 nitrogen and oxygen atoms in total. The second-order valence-electron chi connectivity index (χ2n) is 8.90. The largest absolute Gasteiger partial charge is 0.488 e. The van der Waals surface area contributed by atoms with Crippen molar-refractivity contribution in [1.82, 2.24) is 10.3 Å². The van der Waals surface area contributed by atoms with Gasteiger partial charge in [-0.25, -0.2) is 4.98 Å². The van der Waals surface area contributed by atoms with E-state index in [4.69, 9.17) is 9.47 Å². The summed E-state index contributed by atoms with van der Waals surface area (Å²) in [5.41, 5.74) is 2.29. The molecule has 2 aromatic rings. The number of ether oxygens (including phenoxy) is 2. The fourth-order valence-corrected chi connectivity index (χ4v) is 5.96. The number of benzene rings is 1. The number of carbonyl (C=O) groups is 2. The number of esters is 1. The molecule has 0 unspecified atom stereocenters. The van der Waals surface area contributed by atoms with Crippen molar-refractivity contribution in [1.29, 1.82) is 0 Å². The lowest BCUT2D eigenvalue weighted by Crippen LogP contribution is -2.60. The van der Waals surface area contributed by atoms with Crippen molar-refractivity contribution in [2.75, 3.05) is 7.11 Å². The van der Waals surface area contributed by atoms with E-state index in [0.717, 1.165) is 67.3 Å². The molecule has 7 heteroatoms. The highest BCUT2D eigenvalue weighted by atomic mass is 32.1. The number of thiazole rings is 1. The van der Waals surface area contributed by atoms with E-state index in [1.807, 2.05) is 23.7 Å². The third-order valence-corrected chi connectivity index (χ3v) is 8.13. The lowest BCUT2D eigenvalue weighted by Gasteiger charge is -2.52. The van der Waals surface area contributed by atoms with Crippen molar-refractivity contribution >= 4 is 33.4 Å². The summed E-state index contributed by atoms with van der Waals surface area (Å²) in [4.78, 5) is 29.4. The molecular weight excluding hydrogens is 388 g/mol. The third-order valence-electron chi connectivity index (χ3n) is 7.34. The van der Waals surface area contributed by atoms with E-state index in [1.165, 1.54) is 7.11 Å². The van der Waals surface area contributed by atoms with Crippen LogP contribution >= 0.6 is 11.3 Å². The zero-order valence-corrected chi connectivity index (χ0v) is 17.4.